The van der Waals surface area contributed by atoms with Gasteiger partial charge in [-0.2, -0.15) is 0 Å². The molecule has 0 radical (unpaired) electrons. The first kappa shape index (κ1) is 14.5. The molecule has 0 aliphatic heterocycles. The number of ether oxygens (including phenoxy) is 1. The van der Waals surface area contributed by atoms with Crippen LogP contribution in [0.2, 0.25) is 0 Å². The van der Waals surface area contributed by atoms with Gasteiger partial charge in [0.15, 0.2) is 0 Å². The van der Waals surface area contributed by atoms with Crippen LogP contribution in [0.5, 0.6) is 5.75 Å². The summed E-state index contributed by atoms with van der Waals surface area (Å²) in [6, 6.07) is 10.1. The molecule has 4 heteroatoms. The minimum Gasteiger partial charge on any atom is -0.496 e. The summed E-state index contributed by atoms with van der Waals surface area (Å²) < 4.78 is 18.9. The van der Waals surface area contributed by atoms with E-state index in [9.17, 15) is 4.39 Å². The summed E-state index contributed by atoms with van der Waals surface area (Å²) in [5.74, 6) is 5.99. The molecule has 0 amide bonds. The van der Waals surface area contributed by atoms with Crippen molar-refractivity contribution in [1.29, 1.82) is 0 Å². The highest BCUT2D eigenvalue weighted by Gasteiger charge is 2.20. The lowest BCUT2D eigenvalue weighted by Crippen LogP contribution is -2.30. The van der Waals surface area contributed by atoms with Gasteiger partial charge in [0, 0.05) is 5.56 Å². The number of hydrazine groups is 1. The van der Waals surface area contributed by atoms with Gasteiger partial charge in [-0.3, -0.25) is 5.84 Å². The predicted molar refractivity (Wildman–Crippen MR) is 78.0 cm³/mol. The maximum Gasteiger partial charge on any atom is 0.124 e. The van der Waals surface area contributed by atoms with Crippen molar-refractivity contribution in [3.63, 3.8) is 0 Å². The van der Waals surface area contributed by atoms with Crippen LogP contribution in [0.1, 0.15) is 28.3 Å². The fourth-order valence-corrected chi connectivity index (χ4v) is 2.36. The molecule has 3 N–H and O–H groups in total. The van der Waals surface area contributed by atoms with Gasteiger partial charge in [0.2, 0.25) is 0 Å². The summed E-state index contributed by atoms with van der Waals surface area (Å²) in [4.78, 5) is 0. The third-order valence-electron chi connectivity index (χ3n) is 3.63. The van der Waals surface area contributed by atoms with Crippen LogP contribution in [0.15, 0.2) is 36.4 Å². The SMILES string of the molecule is COc1ccc(F)cc1C(NN)c1cccc(C)c1C. The molecule has 0 aromatic heterocycles. The van der Waals surface area contributed by atoms with Gasteiger partial charge in [0.25, 0.3) is 0 Å². The lowest BCUT2D eigenvalue weighted by molar-refractivity contribution is 0.402. The molecule has 3 nitrogen and oxygen atoms in total. The highest BCUT2D eigenvalue weighted by atomic mass is 19.1. The molecule has 2 aromatic rings. The molecule has 0 aliphatic rings. The van der Waals surface area contributed by atoms with Crippen LogP contribution in [-0.2, 0) is 0 Å². The largest absolute Gasteiger partial charge is 0.496 e. The monoisotopic (exact) mass is 274 g/mol. The number of rotatable bonds is 4. The second-order valence-corrected chi connectivity index (χ2v) is 4.78. The first-order valence-electron chi connectivity index (χ1n) is 6.44. The topological polar surface area (TPSA) is 47.3 Å². The van der Waals surface area contributed by atoms with Gasteiger partial charge in [-0.25, -0.2) is 9.82 Å². The van der Waals surface area contributed by atoms with Gasteiger partial charge in [0.1, 0.15) is 11.6 Å². The van der Waals surface area contributed by atoms with Crippen LogP contribution >= 0.6 is 0 Å². The standard InChI is InChI=1S/C16H19FN2O/c1-10-5-4-6-13(11(10)2)16(19-18)14-9-12(17)7-8-15(14)20-3/h4-9,16,19H,18H2,1-3H3. The molecule has 0 heterocycles. The average molecular weight is 274 g/mol. The Morgan fingerprint density at radius 3 is 2.55 bits per heavy atom. The zero-order valence-corrected chi connectivity index (χ0v) is 11.9. The quantitative estimate of drug-likeness (QED) is 0.665. The third kappa shape index (κ3) is 2.66. The van der Waals surface area contributed by atoms with E-state index >= 15 is 0 Å². The predicted octanol–water partition coefficient (Wildman–Crippen LogP) is 3.00. The maximum absolute atomic E-state index is 13.6. The van der Waals surface area contributed by atoms with E-state index in [2.05, 4.69) is 5.43 Å². The van der Waals surface area contributed by atoms with Gasteiger partial charge >= 0.3 is 0 Å². The minimum atomic E-state index is -0.319. The van der Waals surface area contributed by atoms with Crippen molar-refractivity contribution in [1.82, 2.24) is 5.43 Å². The van der Waals surface area contributed by atoms with Crippen LogP contribution in [-0.4, -0.2) is 7.11 Å². The van der Waals surface area contributed by atoms with Crippen LogP contribution in [0, 0.1) is 19.7 Å². The Hall–Kier alpha value is -1.91. The number of aryl methyl sites for hydroxylation is 1. The molecule has 0 aliphatic carbocycles. The highest BCUT2D eigenvalue weighted by Crippen LogP contribution is 2.32. The van der Waals surface area contributed by atoms with Crippen LogP contribution < -0.4 is 16.0 Å². The van der Waals surface area contributed by atoms with Crippen molar-refractivity contribution >= 4 is 0 Å². The molecule has 0 fully saturated rings. The molecular formula is C16H19FN2O. The molecule has 106 valence electrons. The Bertz CT molecular complexity index is 613. The number of benzene rings is 2. The Kier molecular flexibility index (Phi) is 4.37. The van der Waals surface area contributed by atoms with E-state index in [1.807, 2.05) is 32.0 Å². The van der Waals surface area contributed by atoms with Crippen molar-refractivity contribution in [2.75, 3.05) is 7.11 Å². The first-order chi connectivity index (χ1) is 9.58. The van der Waals surface area contributed by atoms with Crippen LogP contribution in [0.25, 0.3) is 0 Å². The van der Waals surface area contributed by atoms with E-state index in [1.165, 1.54) is 12.1 Å². The number of hydrogen-bond acceptors (Lipinski definition) is 3. The number of nitrogens with one attached hydrogen (secondary N) is 1. The zero-order chi connectivity index (χ0) is 14.7. The normalized spacial score (nSPS) is 12.2. The fraction of sp³-hybridized carbons (Fsp3) is 0.250. The van der Waals surface area contributed by atoms with Crippen LogP contribution in [0.3, 0.4) is 0 Å². The average Bonchev–Trinajstić information content (AvgIpc) is 2.44. The number of nitrogens with two attached hydrogens (primary N) is 1. The van der Waals surface area contributed by atoms with E-state index in [0.29, 0.717) is 11.3 Å². The summed E-state index contributed by atoms with van der Waals surface area (Å²) in [6.07, 6.45) is 0. The Labute approximate surface area is 118 Å². The Morgan fingerprint density at radius 1 is 1.15 bits per heavy atom. The summed E-state index contributed by atoms with van der Waals surface area (Å²) in [7, 11) is 1.56. The van der Waals surface area contributed by atoms with E-state index in [4.69, 9.17) is 10.6 Å². The second-order valence-electron chi connectivity index (χ2n) is 4.78. The lowest BCUT2D eigenvalue weighted by atomic mass is 9.92. The molecule has 1 atom stereocenters. The Balaban J connectivity index is 2.58. The third-order valence-corrected chi connectivity index (χ3v) is 3.63. The van der Waals surface area contributed by atoms with E-state index in [0.717, 1.165) is 16.7 Å². The van der Waals surface area contributed by atoms with Gasteiger partial charge in [-0.15, -0.1) is 0 Å². The first-order valence-corrected chi connectivity index (χ1v) is 6.44. The molecule has 0 bridgehead atoms. The van der Waals surface area contributed by atoms with Crippen molar-refractivity contribution in [3.8, 4) is 5.75 Å². The number of hydrogen-bond donors (Lipinski definition) is 2. The molecule has 0 spiro atoms. The fourth-order valence-electron chi connectivity index (χ4n) is 2.36. The molecule has 0 saturated heterocycles. The molecule has 0 saturated carbocycles. The van der Waals surface area contributed by atoms with Crippen molar-refractivity contribution in [3.05, 3.63) is 64.5 Å². The van der Waals surface area contributed by atoms with Crippen molar-refractivity contribution in [2.45, 2.75) is 19.9 Å². The van der Waals surface area contributed by atoms with Crippen molar-refractivity contribution < 1.29 is 9.13 Å². The molecule has 20 heavy (non-hydrogen) atoms. The van der Waals surface area contributed by atoms with E-state index < -0.39 is 0 Å². The molecule has 1 unspecified atom stereocenters. The molecule has 2 aromatic carbocycles. The maximum atomic E-state index is 13.6. The zero-order valence-electron chi connectivity index (χ0n) is 11.9. The van der Waals surface area contributed by atoms with E-state index in [1.54, 1.807) is 13.2 Å². The van der Waals surface area contributed by atoms with Gasteiger partial charge in [-0.05, 0) is 48.7 Å². The van der Waals surface area contributed by atoms with E-state index in [-0.39, 0.29) is 11.9 Å². The molecule has 2 rings (SSSR count). The minimum absolute atomic E-state index is 0.314. The number of halogens is 1. The lowest BCUT2D eigenvalue weighted by Gasteiger charge is -2.22. The summed E-state index contributed by atoms with van der Waals surface area (Å²) in [5.41, 5.74) is 6.74. The van der Waals surface area contributed by atoms with Crippen LogP contribution in [0.4, 0.5) is 4.39 Å². The van der Waals surface area contributed by atoms with Gasteiger partial charge in [0.05, 0.1) is 13.2 Å². The number of methoxy groups -OCH3 is 1. The van der Waals surface area contributed by atoms with Gasteiger partial charge < -0.3 is 4.74 Å². The Morgan fingerprint density at radius 2 is 1.90 bits per heavy atom. The highest BCUT2D eigenvalue weighted by molar-refractivity contribution is 5.45. The summed E-state index contributed by atoms with van der Waals surface area (Å²) >= 11 is 0. The smallest absolute Gasteiger partial charge is 0.124 e. The molecular weight excluding hydrogens is 255 g/mol. The second kappa shape index (κ2) is 6.03. The van der Waals surface area contributed by atoms with Crippen molar-refractivity contribution in [2.24, 2.45) is 5.84 Å². The summed E-state index contributed by atoms with van der Waals surface area (Å²) in [6.45, 7) is 4.07. The summed E-state index contributed by atoms with van der Waals surface area (Å²) in [5, 5.41) is 0. The van der Waals surface area contributed by atoms with Gasteiger partial charge in [-0.1, -0.05) is 18.2 Å².